The zero-order valence-corrected chi connectivity index (χ0v) is 18.2. The van der Waals surface area contributed by atoms with Crippen LogP contribution in [0.4, 0.5) is 5.82 Å². The summed E-state index contributed by atoms with van der Waals surface area (Å²) in [7, 11) is 0. The van der Waals surface area contributed by atoms with Gasteiger partial charge >= 0.3 is 0 Å². The Bertz CT molecular complexity index is 769. The molecule has 1 aliphatic heterocycles. The van der Waals surface area contributed by atoms with Gasteiger partial charge in [0.1, 0.15) is 5.82 Å². The number of piperidine rings is 1. The zero-order valence-electron chi connectivity index (χ0n) is 17.4. The number of carbonyl (C=O) groups excluding carboxylic acids is 2. The molecule has 2 amide bonds. The molecule has 7 heteroatoms. The second kappa shape index (κ2) is 8.03. The van der Waals surface area contributed by atoms with Crippen molar-refractivity contribution in [2.24, 2.45) is 29.1 Å². The standard InChI is InChI=1S/C23H31ClN4O2/c24-19-1-2-20(25-14-19)28-5-3-18(4-6-28)22(30)27-26-21(29)13-23-10-15-7-16(11-23)9-17(8-15)12-23/h1-2,14-18H,3-13H2,(H,26,29)(H,27,30). The molecule has 0 unspecified atom stereocenters. The summed E-state index contributed by atoms with van der Waals surface area (Å²) >= 11 is 5.91. The van der Waals surface area contributed by atoms with Crippen LogP contribution in [0.15, 0.2) is 18.3 Å². The average Bonchev–Trinajstić information content (AvgIpc) is 2.71. The minimum absolute atomic E-state index is 0.0203. The number of amides is 2. The Hall–Kier alpha value is -1.82. The van der Waals surface area contributed by atoms with Gasteiger partial charge in [-0.1, -0.05) is 11.6 Å². The summed E-state index contributed by atoms with van der Waals surface area (Å²) in [6, 6.07) is 3.75. The molecule has 2 N–H and O–H groups in total. The van der Waals surface area contributed by atoms with Gasteiger partial charge < -0.3 is 4.90 Å². The van der Waals surface area contributed by atoms with Crippen LogP contribution < -0.4 is 15.8 Å². The molecule has 162 valence electrons. The molecule has 5 fully saturated rings. The quantitative estimate of drug-likeness (QED) is 0.714. The van der Waals surface area contributed by atoms with Crippen LogP contribution in [0.1, 0.15) is 57.8 Å². The van der Waals surface area contributed by atoms with E-state index in [2.05, 4.69) is 20.7 Å². The number of hydrazine groups is 1. The van der Waals surface area contributed by atoms with Crippen LogP contribution in [-0.4, -0.2) is 29.9 Å². The lowest BCUT2D eigenvalue weighted by Gasteiger charge is -2.56. The van der Waals surface area contributed by atoms with Crippen LogP contribution in [-0.2, 0) is 9.59 Å². The maximum atomic E-state index is 12.6. The summed E-state index contributed by atoms with van der Waals surface area (Å²) in [5.74, 6) is 3.22. The van der Waals surface area contributed by atoms with Crippen molar-refractivity contribution in [2.75, 3.05) is 18.0 Å². The Morgan fingerprint density at radius 2 is 1.67 bits per heavy atom. The number of pyridine rings is 1. The number of hydrogen-bond acceptors (Lipinski definition) is 4. The Morgan fingerprint density at radius 1 is 1.03 bits per heavy atom. The SMILES string of the molecule is O=C(CC12CC3CC(CC(C3)C1)C2)NNC(=O)C1CCN(c2ccc(Cl)cn2)CC1. The first-order chi connectivity index (χ1) is 14.5. The van der Waals surface area contributed by atoms with Gasteiger partial charge in [-0.05, 0) is 86.7 Å². The Kier molecular flexibility index (Phi) is 5.38. The number of aromatic nitrogens is 1. The molecule has 0 spiro atoms. The summed E-state index contributed by atoms with van der Waals surface area (Å²) in [4.78, 5) is 31.7. The first kappa shape index (κ1) is 20.1. The molecular weight excluding hydrogens is 400 g/mol. The van der Waals surface area contributed by atoms with E-state index in [-0.39, 0.29) is 23.1 Å². The molecule has 0 atom stereocenters. The molecule has 30 heavy (non-hydrogen) atoms. The lowest BCUT2D eigenvalue weighted by Crippen LogP contribution is -2.51. The smallest absolute Gasteiger partial charge is 0.241 e. The lowest BCUT2D eigenvalue weighted by atomic mass is 9.49. The summed E-state index contributed by atoms with van der Waals surface area (Å²) in [5.41, 5.74) is 5.63. The van der Waals surface area contributed by atoms with E-state index < -0.39 is 0 Å². The minimum atomic E-state index is -0.0756. The van der Waals surface area contributed by atoms with Gasteiger partial charge in [-0.2, -0.15) is 0 Å². The first-order valence-corrected chi connectivity index (χ1v) is 11.8. The molecule has 5 aliphatic rings. The van der Waals surface area contributed by atoms with Gasteiger partial charge in [0.05, 0.1) is 5.02 Å². The first-order valence-electron chi connectivity index (χ1n) is 11.4. The van der Waals surface area contributed by atoms with Crippen LogP contribution in [0, 0.1) is 29.1 Å². The van der Waals surface area contributed by atoms with E-state index in [1.54, 1.807) is 6.20 Å². The second-order valence-corrected chi connectivity index (χ2v) is 10.7. The van der Waals surface area contributed by atoms with Crippen molar-refractivity contribution in [3.8, 4) is 0 Å². The number of rotatable bonds is 4. The molecule has 4 saturated carbocycles. The zero-order chi connectivity index (χ0) is 20.7. The molecule has 1 aromatic rings. The Balaban J connectivity index is 1.08. The third-order valence-electron chi connectivity index (χ3n) is 7.93. The summed E-state index contributed by atoms with van der Waals surface area (Å²) in [5, 5.41) is 0.622. The average molecular weight is 431 g/mol. The number of nitrogens with zero attached hydrogens (tertiary/aromatic N) is 2. The fraction of sp³-hybridized carbons (Fsp3) is 0.696. The van der Waals surface area contributed by atoms with Crippen LogP contribution in [0.2, 0.25) is 5.02 Å². The third-order valence-corrected chi connectivity index (χ3v) is 8.15. The van der Waals surface area contributed by atoms with E-state index in [9.17, 15) is 9.59 Å². The highest BCUT2D eigenvalue weighted by molar-refractivity contribution is 6.30. The Labute approximate surface area is 183 Å². The van der Waals surface area contributed by atoms with Gasteiger partial charge in [0, 0.05) is 31.6 Å². The predicted molar refractivity (Wildman–Crippen MR) is 116 cm³/mol. The van der Waals surface area contributed by atoms with Crippen molar-refractivity contribution in [1.29, 1.82) is 0 Å². The molecule has 6 nitrogen and oxygen atoms in total. The van der Waals surface area contributed by atoms with Crippen molar-refractivity contribution in [1.82, 2.24) is 15.8 Å². The monoisotopic (exact) mass is 430 g/mol. The van der Waals surface area contributed by atoms with E-state index in [4.69, 9.17) is 11.6 Å². The maximum absolute atomic E-state index is 12.6. The fourth-order valence-electron chi connectivity index (χ4n) is 7.05. The molecule has 1 saturated heterocycles. The molecule has 4 aliphatic carbocycles. The van der Waals surface area contributed by atoms with Crippen molar-refractivity contribution in [3.05, 3.63) is 23.4 Å². The highest BCUT2D eigenvalue weighted by Crippen LogP contribution is 2.61. The second-order valence-electron chi connectivity index (χ2n) is 10.2. The van der Waals surface area contributed by atoms with Crippen LogP contribution >= 0.6 is 11.6 Å². The highest BCUT2D eigenvalue weighted by atomic mass is 35.5. The van der Waals surface area contributed by atoms with E-state index in [1.807, 2.05) is 12.1 Å². The van der Waals surface area contributed by atoms with Crippen LogP contribution in [0.25, 0.3) is 0 Å². The molecule has 1 aromatic heterocycles. The van der Waals surface area contributed by atoms with Crippen molar-refractivity contribution >= 4 is 29.2 Å². The van der Waals surface area contributed by atoms with Crippen molar-refractivity contribution < 1.29 is 9.59 Å². The van der Waals surface area contributed by atoms with Gasteiger partial charge in [0.15, 0.2) is 0 Å². The number of carbonyl (C=O) groups is 2. The van der Waals surface area contributed by atoms with E-state index >= 15 is 0 Å². The maximum Gasteiger partial charge on any atom is 0.241 e. The van der Waals surface area contributed by atoms with Crippen LogP contribution in [0.5, 0.6) is 0 Å². The number of anilines is 1. The number of halogens is 1. The highest BCUT2D eigenvalue weighted by Gasteiger charge is 2.51. The Morgan fingerprint density at radius 3 is 2.23 bits per heavy atom. The number of hydrogen-bond donors (Lipinski definition) is 2. The van der Waals surface area contributed by atoms with E-state index in [1.165, 1.54) is 38.5 Å². The molecule has 4 bridgehead atoms. The van der Waals surface area contributed by atoms with Gasteiger partial charge in [-0.25, -0.2) is 4.98 Å². The topological polar surface area (TPSA) is 74.3 Å². The minimum Gasteiger partial charge on any atom is -0.357 e. The van der Waals surface area contributed by atoms with E-state index in [0.717, 1.165) is 49.5 Å². The van der Waals surface area contributed by atoms with Crippen LogP contribution in [0.3, 0.4) is 0 Å². The number of nitrogens with one attached hydrogen (secondary N) is 2. The normalized spacial score (nSPS) is 32.8. The summed E-state index contributed by atoms with van der Waals surface area (Å²) in [6.07, 6.45) is 11.5. The molecule has 0 radical (unpaired) electrons. The molecule has 6 rings (SSSR count). The van der Waals surface area contributed by atoms with E-state index in [0.29, 0.717) is 11.4 Å². The summed E-state index contributed by atoms with van der Waals surface area (Å²) < 4.78 is 0. The van der Waals surface area contributed by atoms with Crippen molar-refractivity contribution in [3.63, 3.8) is 0 Å². The van der Waals surface area contributed by atoms with Gasteiger partial charge in [0.2, 0.25) is 11.8 Å². The predicted octanol–water partition coefficient (Wildman–Crippen LogP) is 3.71. The van der Waals surface area contributed by atoms with Gasteiger partial charge in [-0.3, -0.25) is 20.4 Å². The van der Waals surface area contributed by atoms with Gasteiger partial charge in [-0.15, -0.1) is 0 Å². The summed E-state index contributed by atoms with van der Waals surface area (Å²) in [6.45, 7) is 1.54. The van der Waals surface area contributed by atoms with Gasteiger partial charge in [0.25, 0.3) is 0 Å². The largest absolute Gasteiger partial charge is 0.357 e. The third kappa shape index (κ3) is 4.16. The molecule has 0 aromatic carbocycles. The molecule has 2 heterocycles. The lowest BCUT2D eigenvalue weighted by molar-refractivity contribution is -0.135. The fourth-order valence-corrected chi connectivity index (χ4v) is 7.16. The van der Waals surface area contributed by atoms with Crippen molar-refractivity contribution in [2.45, 2.75) is 57.8 Å². The molecular formula is C23H31ClN4O2.